The van der Waals surface area contributed by atoms with Gasteiger partial charge in [-0.05, 0) is 73.2 Å². The number of benzene rings is 1. The van der Waals surface area contributed by atoms with Crippen molar-refractivity contribution in [1.82, 2.24) is 19.9 Å². The molecule has 0 unspecified atom stereocenters. The van der Waals surface area contributed by atoms with E-state index in [2.05, 4.69) is 20.0 Å². The van der Waals surface area contributed by atoms with Crippen molar-refractivity contribution in [3.05, 3.63) is 96.2 Å². The van der Waals surface area contributed by atoms with Crippen LogP contribution in [0.2, 0.25) is 0 Å². The highest BCUT2D eigenvalue weighted by atomic mass is 32.2. The van der Waals surface area contributed by atoms with Crippen molar-refractivity contribution < 1.29 is 13.2 Å². The first-order valence-corrected chi connectivity index (χ1v) is 13.8. The lowest BCUT2D eigenvalue weighted by atomic mass is 10.0. The summed E-state index contributed by atoms with van der Waals surface area (Å²) in [5, 5.41) is 3.92. The van der Waals surface area contributed by atoms with E-state index < -0.39 is 10.0 Å². The van der Waals surface area contributed by atoms with Gasteiger partial charge in [0.05, 0.1) is 30.8 Å². The van der Waals surface area contributed by atoms with E-state index in [9.17, 15) is 8.42 Å². The highest BCUT2D eigenvalue weighted by Gasteiger charge is 2.42. The Morgan fingerprint density at radius 2 is 1.92 bits per heavy atom. The fourth-order valence-corrected chi connectivity index (χ4v) is 5.41. The van der Waals surface area contributed by atoms with Crippen LogP contribution in [0.5, 0.6) is 5.75 Å². The van der Waals surface area contributed by atoms with Crippen LogP contribution in [0.3, 0.4) is 0 Å². The molecule has 1 aliphatic heterocycles. The van der Waals surface area contributed by atoms with Crippen LogP contribution < -0.4 is 19.7 Å². The van der Waals surface area contributed by atoms with Gasteiger partial charge in [0.15, 0.2) is 5.11 Å². The summed E-state index contributed by atoms with van der Waals surface area (Å²) in [7, 11) is -2.05. The molecule has 0 radical (unpaired) electrons. The van der Waals surface area contributed by atoms with E-state index in [4.69, 9.17) is 17.0 Å². The second kappa shape index (κ2) is 9.83. The topological polar surface area (TPSA) is 101 Å². The predicted molar refractivity (Wildman–Crippen MR) is 148 cm³/mol. The lowest BCUT2D eigenvalue weighted by Crippen LogP contribution is -2.30. The molecule has 4 aromatic rings. The zero-order valence-corrected chi connectivity index (χ0v) is 22.1. The van der Waals surface area contributed by atoms with Gasteiger partial charge in [-0.2, -0.15) is 0 Å². The zero-order valence-electron chi connectivity index (χ0n) is 20.5. The first kappa shape index (κ1) is 24.7. The Morgan fingerprint density at radius 3 is 2.59 bits per heavy atom. The summed E-state index contributed by atoms with van der Waals surface area (Å²) < 4.78 is 34.1. The molecular weight excluding hydrogens is 508 g/mol. The number of thiocarbonyl (C=S) groups is 1. The number of aryl methyl sites for hydroxylation is 1. The van der Waals surface area contributed by atoms with E-state index in [-0.39, 0.29) is 12.1 Å². The fourth-order valence-electron chi connectivity index (χ4n) is 4.51. The quantitative estimate of drug-likeness (QED) is 0.341. The molecule has 11 heteroatoms. The number of nitrogens with zero attached hydrogens (tertiary/aromatic N) is 4. The molecule has 1 fully saturated rings. The van der Waals surface area contributed by atoms with Gasteiger partial charge in [-0.15, -0.1) is 0 Å². The smallest absolute Gasteiger partial charge is 0.229 e. The lowest BCUT2D eigenvalue weighted by Gasteiger charge is -2.29. The number of methoxy groups -OCH3 is 1. The monoisotopic (exact) mass is 534 g/mol. The van der Waals surface area contributed by atoms with Gasteiger partial charge in [0.25, 0.3) is 0 Å². The van der Waals surface area contributed by atoms with Crippen LogP contribution in [-0.2, 0) is 10.0 Å². The average molecular weight is 535 g/mol. The first-order chi connectivity index (χ1) is 17.7. The van der Waals surface area contributed by atoms with Crippen LogP contribution in [0.15, 0.2) is 79.3 Å². The summed E-state index contributed by atoms with van der Waals surface area (Å²) >= 11 is 5.83. The number of nitrogens with one attached hydrogen (secondary N) is 2. The molecule has 2 atom stereocenters. The molecule has 1 saturated heterocycles. The van der Waals surface area contributed by atoms with Crippen LogP contribution in [0, 0.1) is 6.92 Å². The van der Waals surface area contributed by atoms with Gasteiger partial charge in [-0.1, -0.05) is 12.1 Å². The summed E-state index contributed by atoms with van der Waals surface area (Å²) in [6.07, 6.45) is 6.65. The van der Waals surface area contributed by atoms with Crippen molar-refractivity contribution >= 4 is 38.7 Å². The maximum Gasteiger partial charge on any atom is 0.229 e. The number of hydrogen-bond donors (Lipinski definition) is 2. The first-order valence-electron chi connectivity index (χ1n) is 11.5. The van der Waals surface area contributed by atoms with E-state index in [0.717, 1.165) is 29.0 Å². The van der Waals surface area contributed by atoms with Crippen molar-refractivity contribution in [2.24, 2.45) is 0 Å². The van der Waals surface area contributed by atoms with Gasteiger partial charge in [0.1, 0.15) is 17.6 Å². The largest absolute Gasteiger partial charge is 0.495 e. The summed E-state index contributed by atoms with van der Waals surface area (Å²) in [6, 6.07) is 18.5. The zero-order chi connectivity index (χ0) is 26.2. The molecule has 37 heavy (non-hydrogen) atoms. The summed E-state index contributed by atoms with van der Waals surface area (Å²) in [5.41, 5.74) is 3.84. The van der Waals surface area contributed by atoms with Crippen molar-refractivity contribution in [1.29, 1.82) is 0 Å². The summed E-state index contributed by atoms with van der Waals surface area (Å²) in [5.74, 6) is 1.18. The Kier molecular flexibility index (Phi) is 6.57. The van der Waals surface area contributed by atoms with Crippen molar-refractivity contribution in [2.75, 3.05) is 23.0 Å². The van der Waals surface area contributed by atoms with Crippen molar-refractivity contribution in [2.45, 2.75) is 19.0 Å². The number of ether oxygens (including phenoxy) is 1. The SMILES string of the molecule is COc1ccc(N2C(=S)N[C@@H](c3ccccn3)[C@@H]2c2cccn2-c2ccc(C)cn2)cc1NS(C)(=O)=O. The molecule has 1 aliphatic rings. The van der Waals surface area contributed by atoms with E-state index in [1.165, 1.54) is 7.11 Å². The van der Waals surface area contributed by atoms with Crippen LogP contribution in [0.4, 0.5) is 11.4 Å². The molecule has 1 aromatic carbocycles. The molecule has 3 aromatic heterocycles. The van der Waals surface area contributed by atoms with Crippen molar-refractivity contribution in [3.63, 3.8) is 0 Å². The number of pyridine rings is 2. The van der Waals surface area contributed by atoms with Crippen LogP contribution in [0.1, 0.15) is 29.0 Å². The fraction of sp³-hybridized carbons (Fsp3) is 0.192. The maximum absolute atomic E-state index is 12.0. The Hall–Kier alpha value is -3.96. The van der Waals surface area contributed by atoms with Gasteiger partial charge < -0.3 is 19.5 Å². The van der Waals surface area contributed by atoms with E-state index in [1.807, 2.05) is 77.3 Å². The van der Waals surface area contributed by atoms with Gasteiger partial charge in [-0.3, -0.25) is 9.71 Å². The second-order valence-electron chi connectivity index (χ2n) is 8.75. The lowest BCUT2D eigenvalue weighted by molar-refractivity contribution is 0.417. The van der Waals surface area contributed by atoms with Crippen LogP contribution >= 0.6 is 12.2 Å². The molecule has 4 heterocycles. The van der Waals surface area contributed by atoms with Gasteiger partial charge in [0, 0.05) is 30.0 Å². The summed E-state index contributed by atoms with van der Waals surface area (Å²) in [4.78, 5) is 11.2. The number of sulfonamides is 1. The molecule has 5 rings (SSSR count). The minimum absolute atomic E-state index is 0.277. The van der Waals surface area contributed by atoms with Gasteiger partial charge in [0.2, 0.25) is 10.0 Å². The molecule has 0 amide bonds. The predicted octanol–water partition coefficient (Wildman–Crippen LogP) is 4.13. The maximum atomic E-state index is 12.0. The van der Waals surface area contributed by atoms with E-state index in [0.29, 0.717) is 22.2 Å². The van der Waals surface area contributed by atoms with Crippen molar-refractivity contribution in [3.8, 4) is 11.6 Å². The third-order valence-corrected chi connectivity index (χ3v) is 6.99. The third-order valence-electron chi connectivity index (χ3n) is 6.08. The molecular formula is C26H26N6O3S2. The Bertz CT molecular complexity index is 1540. The Morgan fingerprint density at radius 1 is 1.08 bits per heavy atom. The standard InChI is InChI=1S/C26H26N6O3S2/c1-17-9-12-23(28-16-17)31-14-6-8-21(31)25-24(19-7-4-5-13-27-19)29-26(36)32(25)18-10-11-22(35-2)20(15-18)30-37(3,33)34/h4-16,24-25,30H,1-3H3,(H,29,36)/t24-,25-/m0/s1. The second-order valence-corrected chi connectivity index (χ2v) is 10.9. The van der Waals surface area contributed by atoms with E-state index >= 15 is 0 Å². The highest BCUT2D eigenvalue weighted by molar-refractivity contribution is 7.92. The van der Waals surface area contributed by atoms with Gasteiger partial charge >= 0.3 is 0 Å². The molecule has 0 saturated carbocycles. The number of hydrogen-bond acceptors (Lipinski definition) is 6. The third kappa shape index (κ3) is 5.00. The minimum atomic E-state index is -3.54. The highest BCUT2D eigenvalue weighted by Crippen LogP contribution is 2.43. The Labute approximate surface area is 221 Å². The van der Waals surface area contributed by atoms with Crippen LogP contribution in [0.25, 0.3) is 5.82 Å². The number of rotatable bonds is 7. The Balaban J connectivity index is 1.66. The van der Waals surface area contributed by atoms with Crippen LogP contribution in [-0.4, -0.2) is 41.4 Å². The number of anilines is 2. The normalized spacial score (nSPS) is 17.5. The molecule has 190 valence electrons. The number of aromatic nitrogens is 3. The minimum Gasteiger partial charge on any atom is -0.495 e. The molecule has 9 nitrogen and oxygen atoms in total. The van der Waals surface area contributed by atoms with Gasteiger partial charge in [-0.25, -0.2) is 13.4 Å². The van der Waals surface area contributed by atoms with E-state index in [1.54, 1.807) is 18.3 Å². The summed E-state index contributed by atoms with van der Waals surface area (Å²) in [6.45, 7) is 2.00. The molecule has 0 bridgehead atoms. The molecule has 2 N–H and O–H groups in total. The molecule has 0 aliphatic carbocycles. The average Bonchev–Trinajstić information content (AvgIpc) is 3.48. The molecule has 0 spiro atoms.